The van der Waals surface area contributed by atoms with Crippen molar-refractivity contribution in [2.24, 2.45) is 0 Å². The summed E-state index contributed by atoms with van der Waals surface area (Å²) in [4.78, 5) is 7.37. The van der Waals surface area contributed by atoms with Crippen molar-refractivity contribution in [2.75, 3.05) is 5.73 Å². The topological polar surface area (TPSA) is 43.3 Å². The predicted octanol–water partition coefficient (Wildman–Crippen LogP) is 2.43. The molecule has 0 aliphatic heterocycles. The fourth-order valence-corrected chi connectivity index (χ4v) is 1.82. The van der Waals surface area contributed by atoms with Gasteiger partial charge in [-0.1, -0.05) is 0 Å². The first kappa shape index (κ1) is 7.07. The molecule has 0 unspecified atom stereocenters. The maximum Gasteiger partial charge on any atom is 0.206 e. The molecule has 0 fully saturated rings. The van der Waals surface area contributed by atoms with E-state index in [1.54, 1.807) is 12.3 Å². The highest BCUT2D eigenvalue weighted by atomic mass is 32.1. The summed E-state index contributed by atoms with van der Waals surface area (Å²) < 4.78 is 0.973. The van der Waals surface area contributed by atoms with Crippen LogP contribution in [0.5, 0.6) is 0 Å². The van der Waals surface area contributed by atoms with Crippen molar-refractivity contribution in [3.05, 3.63) is 29.1 Å². The van der Waals surface area contributed by atoms with Gasteiger partial charge in [0, 0.05) is 16.3 Å². The molecule has 2 rings (SSSR count). The Kier molecular flexibility index (Phi) is 1.45. The van der Waals surface area contributed by atoms with Gasteiger partial charge in [-0.2, -0.15) is 0 Å². The highest BCUT2D eigenvalue weighted by molar-refractivity contribution is 7.17. The molecule has 0 radical (unpaired) electrons. The fourth-order valence-electron chi connectivity index (χ4n) is 0.985. The molecule has 0 aliphatic rings. The summed E-state index contributed by atoms with van der Waals surface area (Å²) in [6, 6.07) is 1.80. The average molecular weight is 175 g/mol. The Morgan fingerprint density at radius 2 is 2.42 bits per heavy atom. The smallest absolute Gasteiger partial charge is 0.206 e. The first-order chi connectivity index (χ1) is 5.81. The first-order valence-electron chi connectivity index (χ1n) is 3.31. The lowest BCUT2D eigenvalue weighted by Crippen LogP contribution is -1.82. The zero-order valence-corrected chi connectivity index (χ0v) is 6.93. The molecule has 0 bridgehead atoms. The second kappa shape index (κ2) is 2.47. The number of nitrogens with zero attached hydrogens (tertiary/aromatic N) is 2. The van der Waals surface area contributed by atoms with E-state index in [0.29, 0.717) is 11.4 Å². The maximum atomic E-state index is 6.78. The quantitative estimate of drug-likeness (QED) is 0.625. The van der Waals surface area contributed by atoms with E-state index in [-0.39, 0.29) is 0 Å². The Morgan fingerprint density at radius 3 is 3.17 bits per heavy atom. The van der Waals surface area contributed by atoms with Crippen LogP contribution in [0.1, 0.15) is 0 Å². The van der Waals surface area contributed by atoms with E-state index >= 15 is 0 Å². The Hall–Kier alpha value is -1.60. The number of anilines is 1. The van der Waals surface area contributed by atoms with Crippen molar-refractivity contribution in [1.82, 2.24) is 4.98 Å². The Labute approximate surface area is 73.3 Å². The van der Waals surface area contributed by atoms with Crippen molar-refractivity contribution in [2.45, 2.75) is 0 Å². The van der Waals surface area contributed by atoms with E-state index in [9.17, 15) is 0 Å². The maximum absolute atomic E-state index is 6.78. The lowest BCUT2D eigenvalue weighted by atomic mass is 10.3. The summed E-state index contributed by atoms with van der Waals surface area (Å²) in [6.45, 7) is 6.78. The van der Waals surface area contributed by atoms with Crippen LogP contribution in [0.2, 0.25) is 0 Å². The largest absolute Gasteiger partial charge is 0.396 e. The second-order valence-corrected chi connectivity index (χ2v) is 3.25. The first-order valence-corrected chi connectivity index (χ1v) is 4.19. The van der Waals surface area contributed by atoms with Gasteiger partial charge in [0.15, 0.2) is 0 Å². The minimum atomic E-state index is 0.560. The van der Waals surface area contributed by atoms with Gasteiger partial charge in [0.25, 0.3) is 0 Å². The van der Waals surface area contributed by atoms with Crippen LogP contribution in [0.25, 0.3) is 15.1 Å². The zero-order chi connectivity index (χ0) is 8.55. The van der Waals surface area contributed by atoms with Gasteiger partial charge in [-0.25, -0.2) is 4.85 Å². The van der Waals surface area contributed by atoms with Crippen LogP contribution in [0.4, 0.5) is 11.4 Å². The molecule has 0 atom stereocenters. The molecule has 0 aromatic carbocycles. The van der Waals surface area contributed by atoms with Crippen molar-refractivity contribution in [1.29, 1.82) is 0 Å². The third-order valence-electron chi connectivity index (χ3n) is 1.55. The molecule has 12 heavy (non-hydrogen) atoms. The van der Waals surface area contributed by atoms with Crippen LogP contribution in [0.3, 0.4) is 0 Å². The SMILES string of the molecule is [C-]#[N+]c1cnc2c(N)csc2c1. The molecule has 2 aromatic heterocycles. The van der Waals surface area contributed by atoms with Crippen molar-refractivity contribution in [3.63, 3.8) is 0 Å². The molecule has 2 N–H and O–H groups in total. The van der Waals surface area contributed by atoms with E-state index in [1.807, 2.05) is 5.38 Å². The molecule has 0 saturated heterocycles. The number of thiophene rings is 1. The van der Waals surface area contributed by atoms with Gasteiger partial charge in [-0.05, 0) is 6.07 Å². The standard InChI is InChI=1S/C8H5N3S/c1-10-5-2-7-8(11-3-5)6(9)4-12-7/h2-4H,9H2. The Morgan fingerprint density at radius 1 is 1.58 bits per heavy atom. The van der Waals surface area contributed by atoms with Gasteiger partial charge in [-0.15, -0.1) is 11.3 Å². The van der Waals surface area contributed by atoms with Crippen molar-refractivity contribution < 1.29 is 0 Å². The molecule has 0 spiro atoms. The number of aromatic nitrogens is 1. The van der Waals surface area contributed by atoms with Crippen LogP contribution >= 0.6 is 11.3 Å². The van der Waals surface area contributed by atoms with Gasteiger partial charge in [0.05, 0.1) is 12.3 Å². The summed E-state index contributed by atoms with van der Waals surface area (Å²) in [6.07, 6.45) is 1.54. The molecular weight excluding hydrogens is 170 g/mol. The van der Waals surface area contributed by atoms with E-state index in [0.717, 1.165) is 10.2 Å². The highest BCUT2D eigenvalue weighted by Crippen LogP contribution is 2.28. The Bertz CT molecular complexity index is 467. The Balaban J connectivity index is 2.80. The molecule has 3 nitrogen and oxygen atoms in total. The van der Waals surface area contributed by atoms with Gasteiger partial charge < -0.3 is 5.73 Å². The van der Waals surface area contributed by atoms with Gasteiger partial charge >= 0.3 is 0 Å². The van der Waals surface area contributed by atoms with Crippen LogP contribution < -0.4 is 5.73 Å². The molecule has 58 valence electrons. The number of hydrogen-bond acceptors (Lipinski definition) is 3. The summed E-state index contributed by atoms with van der Waals surface area (Å²) in [7, 11) is 0. The van der Waals surface area contributed by atoms with E-state index < -0.39 is 0 Å². The summed E-state index contributed by atoms with van der Waals surface area (Å²) >= 11 is 1.51. The second-order valence-electron chi connectivity index (χ2n) is 2.34. The van der Waals surface area contributed by atoms with Crippen molar-refractivity contribution in [3.8, 4) is 0 Å². The number of pyridine rings is 1. The van der Waals surface area contributed by atoms with E-state index in [2.05, 4.69) is 9.83 Å². The molecule has 2 heterocycles. The van der Waals surface area contributed by atoms with E-state index in [4.69, 9.17) is 12.3 Å². The molecule has 0 amide bonds. The predicted molar refractivity (Wildman–Crippen MR) is 50.3 cm³/mol. The molecule has 4 heteroatoms. The molecule has 2 aromatic rings. The summed E-state index contributed by atoms with van der Waals surface area (Å²) in [5.74, 6) is 0. The lowest BCUT2D eigenvalue weighted by Gasteiger charge is -1.90. The van der Waals surface area contributed by atoms with Crippen molar-refractivity contribution >= 4 is 32.9 Å². The number of rotatable bonds is 0. The van der Waals surface area contributed by atoms with Crippen LogP contribution in [0, 0.1) is 6.57 Å². The van der Waals surface area contributed by atoms with Crippen LogP contribution in [-0.4, -0.2) is 4.98 Å². The molecule has 0 aliphatic carbocycles. The summed E-state index contributed by atoms with van der Waals surface area (Å²) in [5.41, 5.74) is 7.68. The minimum absolute atomic E-state index is 0.560. The third-order valence-corrected chi connectivity index (χ3v) is 2.49. The molecule has 0 saturated carbocycles. The minimum Gasteiger partial charge on any atom is -0.396 e. The van der Waals surface area contributed by atoms with Crippen LogP contribution in [-0.2, 0) is 0 Å². The number of nitrogens with two attached hydrogens (primary N) is 1. The lowest BCUT2D eigenvalue weighted by molar-refractivity contribution is 1.44. The van der Waals surface area contributed by atoms with Gasteiger partial charge in [-0.3, -0.25) is 4.98 Å². The summed E-state index contributed by atoms with van der Waals surface area (Å²) in [5, 5.41) is 1.84. The number of nitrogen functional groups attached to an aromatic ring is 1. The third kappa shape index (κ3) is 0.917. The molecular formula is C8H5N3S. The monoisotopic (exact) mass is 175 g/mol. The number of hydrogen-bond donors (Lipinski definition) is 1. The number of fused-ring (bicyclic) bond motifs is 1. The average Bonchev–Trinajstić information content (AvgIpc) is 2.47. The zero-order valence-electron chi connectivity index (χ0n) is 6.11. The van der Waals surface area contributed by atoms with Crippen LogP contribution in [0.15, 0.2) is 17.6 Å². The van der Waals surface area contributed by atoms with Gasteiger partial charge in [0.2, 0.25) is 5.69 Å². The fraction of sp³-hybridized carbons (Fsp3) is 0. The van der Waals surface area contributed by atoms with E-state index in [1.165, 1.54) is 11.3 Å². The normalized spacial score (nSPS) is 9.92. The van der Waals surface area contributed by atoms with Gasteiger partial charge in [0.1, 0.15) is 5.52 Å². The highest BCUT2D eigenvalue weighted by Gasteiger charge is 2.02.